The van der Waals surface area contributed by atoms with Crippen molar-refractivity contribution in [2.75, 3.05) is 7.05 Å². The minimum Gasteiger partial charge on any atom is -0.317 e. The van der Waals surface area contributed by atoms with Gasteiger partial charge in [-0.15, -0.1) is 12.4 Å². The van der Waals surface area contributed by atoms with Crippen molar-refractivity contribution in [2.24, 2.45) is 0 Å². The van der Waals surface area contributed by atoms with Crippen molar-refractivity contribution in [1.82, 2.24) is 5.32 Å². The van der Waals surface area contributed by atoms with Crippen LogP contribution < -0.4 is 5.32 Å². The molecule has 0 heterocycles. The molecule has 0 radical (unpaired) electrons. The largest absolute Gasteiger partial charge is 0.317 e. The Morgan fingerprint density at radius 1 is 1.58 bits per heavy atom. The van der Waals surface area contributed by atoms with Gasteiger partial charge in [0.05, 0.1) is 0 Å². The lowest BCUT2D eigenvalue weighted by Gasteiger charge is -2.08. The molecule has 1 aromatic rings. The molecule has 0 saturated carbocycles. The third-order valence-corrected chi connectivity index (χ3v) is 1.29. The fraction of sp³-hybridized carbons (Fsp3) is 0.400. The van der Waals surface area contributed by atoms with E-state index in [1.54, 1.807) is 18.2 Å². The molecule has 1 atom stereocenters. The van der Waals surface area contributed by atoms with E-state index in [0.717, 1.165) is 0 Å². The lowest BCUT2D eigenvalue weighted by atomic mass is 10.1. The topological polar surface area (TPSA) is 12.0 Å². The molecule has 0 spiro atoms. The second-order valence-electron chi connectivity index (χ2n) is 2.12. The molecule has 0 aliphatic heterocycles. The van der Waals surface area contributed by atoms with Crippen LogP contribution in [0.15, 0.2) is 30.3 Å². The first-order valence-corrected chi connectivity index (χ1v) is 3.41. The summed E-state index contributed by atoms with van der Waals surface area (Å²) in [7, 11) is 1.28. The molecule has 0 bridgehead atoms. The normalized spacial score (nSPS) is 24.1. The van der Waals surface area contributed by atoms with Gasteiger partial charge in [-0.05, 0) is 25.8 Å². The lowest BCUT2D eigenvalue weighted by molar-refractivity contribution is 0.608. The fourth-order valence-corrected chi connectivity index (χ4v) is 0.728. The summed E-state index contributed by atoms with van der Waals surface area (Å²) in [5, 5.41) is 2.29. The van der Waals surface area contributed by atoms with E-state index >= 15 is 0 Å². The molecule has 0 aliphatic carbocycles. The Labute approximate surface area is 89.0 Å². The van der Waals surface area contributed by atoms with Gasteiger partial charge in [0.25, 0.3) is 0 Å². The van der Waals surface area contributed by atoms with Crippen LogP contribution in [0.3, 0.4) is 0 Å². The first-order valence-electron chi connectivity index (χ1n) is 6.41. The predicted octanol–water partition coefficient (Wildman–Crippen LogP) is 2.26. The molecule has 0 amide bonds. The van der Waals surface area contributed by atoms with Gasteiger partial charge in [0.1, 0.15) is 0 Å². The molecule has 12 heavy (non-hydrogen) atoms. The summed E-state index contributed by atoms with van der Waals surface area (Å²) >= 11 is 0. The number of hydrogen-bond donors (Lipinski definition) is 1. The quantitative estimate of drug-likeness (QED) is 0.773. The van der Waals surface area contributed by atoms with E-state index in [1.165, 1.54) is 19.2 Å². The Morgan fingerprint density at radius 3 is 2.75 bits per heavy atom. The average Bonchev–Trinajstić information content (AvgIpc) is 2.27. The second-order valence-corrected chi connectivity index (χ2v) is 2.12. The molecule has 1 nitrogen and oxygen atoms in total. The van der Waals surface area contributed by atoms with Crippen LogP contribution in [0.1, 0.15) is 20.6 Å². The zero-order valence-corrected chi connectivity index (χ0v) is 7.61. The first-order chi connectivity index (χ1) is 7.67. The second kappa shape index (κ2) is 6.04. The molecule has 2 heteroatoms. The molecule has 0 fully saturated rings. The van der Waals surface area contributed by atoms with Crippen molar-refractivity contribution in [1.29, 1.82) is 0 Å². The van der Waals surface area contributed by atoms with Crippen LogP contribution in [-0.2, 0) is 6.37 Å². The van der Waals surface area contributed by atoms with Gasteiger partial charge in [0, 0.05) is 14.2 Å². The van der Waals surface area contributed by atoms with Crippen molar-refractivity contribution >= 4 is 12.4 Å². The van der Waals surface area contributed by atoms with Crippen LogP contribution in [0, 0.1) is 0 Å². The molecular weight excluding hydrogens is 170 g/mol. The summed E-state index contributed by atoms with van der Waals surface area (Å²) in [6.07, 6.45) is -2.33. The van der Waals surface area contributed by atoms with E-state index in [-0.39, 0.29) is 18.0 Å². The summed E-state index contributed by atoms with van der Waals surface area (Å²) in [6, 6.07) is 5.51. The fourth-order valence-electron chi connectivity index (χ4n) is 0.728. The smallest absolute Gasteiger partial charge is 0.0465 e. The van der Waals surface area contributed by atoms with E-state index in [9.17, 15) is 0 Å². The van der Waals surface area contributed by atoms with Gasteiger partial charge in [-0.3, -0.25) is 0 Å². The Bertz CT molecular complexity index is 380. The monoisotopic (exact) mass is 191 g/mol. The summed E-state index contributed by atoms with van der Waals surface area (Å²) < 4.78 is 45.8. The lowest BCUT2D eigenvalue weighted by Crippen LogP contribution is -2.23. The highest BCUT2D eigenvalue weighted by Crippen LogP contribution is 2.01. The Balaban J connectivity index is 0.00000289. The SMILES string of the molecule is Cl.[2H]C([2H])([2H])C([2H])(NC)C([2H])([2H])c1ccccc1. The summed E-state index contributed by atoms with van der Waals surface area (Å²) in [5.41, 5.74) is 0.167. The highest BCUT2D eigenvalue weighted by atomic mass is 35.5. The molecular formula is C10H16ClN. The average molecular weight is 192 g/mol. The highest BCUT2D eigenvalue weighted by Gasteiger charge is 1.97. The van der Waals surface area contributed by atoms with Gasteiger partial charge in [-0.25, -0.2) is 0 Å². The number of likely N-dealkylation sites (N-methyl/N-ethyl adjacent to an activating group) is 1. The van der Waals surface area contributed by atoms with Crippen molar-refractivity contribution in [2.45, 2.75) is 19.2 Å². The molecule has 0 aromatic heterocycles. The maximum atomic E-state index is 7.93. The van der Waals surface area contributed by atoms with Crippen LogP contribution in [0.4, 0.5) is 0 Å². The van der Waals surface area contributed by atoms with E-state index in [0.29, 0.717) is 0 Å². The third kappa shape index (κ3) is 3.74. The Hall–Kier alpha value is -0.530. The maximum Gasteiger partial charge on any atom is 0.0465 e. The molecule has 0 saturated heterocycles. The third-order valence-electron chi connectivity index (χ3n) is 1.29. The number of nitrogens with one attached hydrogen (secondary N) is 1. The standard InChI is InChI=1S/C10H15N.ClH/c1-9(11-2)8-10-6-4-3-5-7-10;/h3-7,9,11H,8H2,1-2H3;1H/i1D3,8D2,9D;. The van der Waals surface area contributed by atoms with Crippen LogP contribution in [0.2, 0.25) is 0 Å². The molecule has 68 valence electrons. The van der Waals surface area contributed by atoms with Gasteiger partial charge in [0.15, 0.2) is 0 Å². The zero-order chi connectivity index (χ0) is 13.3. The summed E-state index contributed by atoms with van der Waals surface area (Å²) in [5.74, 6) is 0. The molecule has 1 rings (SSSR count). The van der Waals surface area contributed by atoms with Crippen LogP contribution in [0.5, 0.6) is 0 Å². The Morgan fingerprint density at radius 2 is 2.25 bits per heavy atom. The highest BCUT2D eigenvalue weighted by molar-refractivity contribution is 5.85. The zero-order valence-electron chi connectivity index (χ0n) is 12.8. The van der Waals surface area contributed by atoms with Crippen LogP contribution >= 0.6 is 12.4 Å². The number of hydrogen-bond acceptors (Lipinski definition) is 1. The minimum absolute atomic E-state index is 0. The van der Waals surface area contributed by atoms with Crippen LogP contribution in [0.25, 0.3) is 0 Å². The van der Waals surface area contributed by atoms with Gasteiger partial charge in [0.2, 0.25) is 0 Å². The van der Waals surface area contributed by atoms with Gasteiger partial charge in [-0.1, -0.05) is 30.3 Å². The summed E-state index contributed by atoms with van der Waals surface area (Å²) in [4.78, 5) is 0. The summed E-state index contributed by atoms with van der Waals surface area (Å²) in [6.45, 7) is -2.78. The van der Waals surface area contributed by atoms with E-state index in [4.69, 9.17) is 8.22 Å². The number of benzene rings is 1. The molecule has 1 unspecified atom stereocenters. The van der Waals surface area contributed by atoms with Crippen molar-refractivity contribution in [3.63, 3.8) is 0 Å². The van der Waals surface area contributed by atoms with Gasteiger partial charge >= 0.3 is 0 Å². The maximum absolute atomic E-state index is 7.93. The number of halogens is 1. The molecule has 1 N–H and O–H groups in total. The van der Waals surface area contributed by atoms with Crippen molar-refractivity contribution < 1.29 is 8.22 Å². The molecule has 0 aliphatic rings. The first kappa shape index (κ1) is 4.64. The minimum atomic E-state index is -2.78. The van der Waals surface area contributed by atoms with E-state index in [1.807, 2.05) is 0 Å². The van der Waals surface area contributed by atoms with Crippen molar-refractivity contribution in [3.8, 4) is 0 Å². The van der Waals surface area contributed by atoms with Gasteiger partial charge in [-0.2, -0.15) is 0 Å². The van der Waals surface area contributed by atoms with E-state index in [2.05, 4.69) is 5.32 Å². The predicted molar refractivity (Wildman–Crippen MR) is 55.9 cm³/mol. The molecule has 1 aromatic carbocycles. The van der Waals surface area contributed by atoms with E-state index < -0.39 is 19.2 Å². The number of rotatable bonds is 3. The Kier molecular flexibility index (Phi) is 2.33. The van der Waals surface area contributed by atoms with Crippen LogP contribution in [-0.4, -0.2) is 13.1 Å². The van der Waals surface area contributed by atoms with Crippen molar-refractivity contribution in [3.05, 3.63) is 35.9 Å². The van der Waals surface area contributed by atoms with Gasteiger partial charge < -0.3 is 5.32 Å².